The number of imidazole rings is 1. The minimum absolute atomic E-state index is 0.0957. The lowest BCUT2D eigenvalue weighted by atomic mass is 10.2. The van der Waals surface area contributed by atoms with Gasteiger partial charge in [0.05, 0.1) is 35.9 Å². The van der Waals surface area contributed by atoms with Gasteiger partial charge in [-0.15, -0.1) is 0 Å². The molecule has 0 atom stereocenters. The summed E-state index contributed by atoms with van der Waals surface area (Å²) in [6.07, 6.45) is -4.36. The quantitative estimate of drug-likeness (QED) is 0.935. The van der Waals surface area contributed by atoms with E-state index >= 15 is 0 Å². The van der Waals surface area contributed by atoms with Gasteiger partial charge in [0.2, 0.25) is 0 Å². The van der Waals surface area contributed by atoms with E-state index < -0.39 is 24.1 Å². The van der Waals surface area contributed by atoms with E-state index in [-0.39, 0.29) is 23.5 Å². The van der Waals surface area contributed by atoms with E-state index in [1.54, 1.807) is 6.07 Å². The van der Waals surface area contributed by atoms with Crippen LogP contribution in [0.3, 0.4) is 0 Å². The fourth-order valence-electron chi connectivity index (χ4n) is 1.86. The SMILES string of the molecule is N#CCc1c(CC(=O)O)nc2ccc(C(F)(F)F)cn12. The summed E-state index contributed by atoms with van der Waals surface area (Å²) in [6.45, 7) is 0. The summed E-state index contributed by atoms with van der Waals surface area (Å²) in [4.78, 5) is 14.7. The minimum atomic E-state index is -4.52. The maximum Gasteiger partial charge on any atom is 0.417 e. The van der Waals surface area contributed by atoms with Gasteiger partial charge in [0.15, 0.2) is 0 Å². The summed E-state index contributed by atoms with van der Waals surface area (Å²) in [5, 5.41) is 17.5. The first kappa shape index (κ1) is 13.9. The Morgan fingerprint density at radius 1 is 1.45 bits per heavy atom. The van der Waals surface area contributed by atoms with Crippen LogP contribution in [0.5, 0.6) is 0 Å². The number of carboxylic acids is 1. The molecule has 0 aliphatic carbocycles. The third-order valence-electron chi connectivity index (χ3n) is 2.69. The number of carboxylic acid groups (broad SMARTS) is 1. The molecule has 2 aromatic rings. The van der Waals surface area contributed by atoms with Gasteiger partial charge in [0, 0.05) is 6.20 Å². The zero-order valence-electron chi connectivity index (χ0n) is 9.98. The van der Waals surface area contributed by atoms with Gasteiger partial charge in [0.25, 0.3) is 0 Å². The van der Waals surface area contributed by atoms with Crippen molar-refractivity contribution < 1.29 is 23.1 Å². The maximum absolute atomic E-state index is 12.7. The zero-order valence-corrected chi connectivity index (χ0v) is 9.98. The topological polar surface area (TPSA) is 78.4 Å². The van der Waals surface area contributed by atoms with Gasteiger partial charge in [-0.05, 0) is 12.1 Å². The van der Waals surface area contributed by atoms with Crippen molar-refractivity contribution in [2.75, 3.05) is 0 Å². The highest BCUT2D eigenvalue weighted by Gasteiger charge is 2.31. The zero-order chi connectivity index (χ0) is 14.9. The Kier molecular flexibility index (Phi) is 3.36. The van der Waals surface area contributed by atoms with Crippen molar-refractivity contribution in [1.29, 1.82) is 5.26 Å². The number of pyridine rings is 1. The number of fused-ring (bicyclic) bond motifs is 1. The molecule has 0 unspecified atom stereocenters. The molecule has 1 N–H and O–H groups in total. The van der Waals surface area contributed by atoms with Crippen LogP contribution < -0.4 is 0 Å². The van der Waals surface area contributed by atoms with E-state index in [0.29, 0.717) is 0 Å². The average molecular weight is 283 g/mol. The van der Waals surface area contributed by atoms with Crippen molar-refractivity contribution in [3.63, 3.8) is 0 Å². The first-order chi connectivity index (χ1) is 9.32. The van der Waals surface area contributed by atoms with Crippen LogP contribution >= 0.6 is 0 Å². The summed E-state index contributed by atoms with van der Waals surface area (Å²) < 4.78 is 39.1. The molecule has 0 saturated heterocycles. The second-order valence-corrected chi connectivity index (χ2v) is 4.05. The predicted octanol–water partition coefficient (Wildman–Crippen LogP) is 2.05. The third-order valence-corrected chi connectivity index (χ3v) is 2.69. The molecule has 2 heterocycles. The highest BCUT2D eigenvalue weighted by Crippen LogP contribution is 2.30. The molecule has 0 radical (unpaired) electrons. The van der Waals surface area contributed by atoms with E-state index in [1.165, 1.54) is 0 Å². The second kappa shape index (κ2) is 4.85. The van der Waals surface area contributed by atoms with Gasteiger partial charge in [-0.3, -0.25) is 4.79 Å². The van der Waals surface area contributed by atoms with Crippen LogP contribution in [0.1, 0.15) is 17.0 Å². The van der Waals surface area contributed by atoms with E-state index in [9.17, 15) is 18.0 Å². The molecule has 0 amide bonds. The van der Waals surface area contributed by atoms with E-state index in [4.69, 9.17) is 10.4 Å². The third kappa shape index (κ3) is 2.56. The Balaban J connectivity index is 2.64. The Hall–Kier alpha value is -2.56. The predicted molar refractivity (Wildman–Crippen MR) is 60.9 cm³/mol. The lowest BCUT2D eigenvalue weighted by Gasteiger charge is -2.07. The molecule has 0 bridgehead atoms. The first-order valence-corrected chi connectivity index (χ1v) is 5.48. The molecule has 0 saturated carbocycles. The summed E-state index contributed by atoms with van der Waals surface area (Å²) >= 11 is 0. The molecule has 0 aliphatic heterocycles. The van der Waals surface area contributed by atoms with Gasteiger partial charge >= 0.3 is 12.1 Å². The average Bonchev–Trinajstić information content (AvgIpc) is 2.65. The van der Waals surface area contributed by atoms with Crippen LogP contribution in [0.4, 0.5) is 13.2 Å². The number of aromatic nitrogens is 2. The van der Waals surface area contributed by atoms with E-state index in [1.807, 2.05) is 0 Å². The largest absolute Gasteiger partial charge is 0.481 e. The number of nitrogens with zero attached hydrogens (tertiary/aromatic N) is 3. The Labute approximate surface area is 110 Å². The number of alkyl halides is 3. The highest BCUT2D eigenvalue weighted by atomic mass is 19.4. The van der Waals surface area contributed by atoms with Gasteiger partial charge in [-0.2, -0.15) is 18.4 Å². The maximum atomic E-state index is 12.7. The van der Waals surface area contributed by atoms with Gasteiger partial charge < -0.3 is 9.51 Å². The first-order valence-electron chi connectivity index (χ1n) is 5.48. The fraction of sp³-hybridized carbons (Fsp3) is 0.250. The smallest absolute Gasteiger partial charge is 0.417 e. The standard InChI is InChI=1S/C12H8F3N3O2/c13-12(14,15)7-1-2-10-17-8(5-11(19)20)9(3-4-16)18(10)6-7/h1-2,6H,3,5H2,(H,19,20). The molecule has 8 heteroatoms. The van der Waals surface area contributed by atoms with Crippen LogP contribution in [-0.4, -0.2) is 20.5 Å². The van der Waals surface area contributed by atoms with Crippen LogP contribution in [0.25, 0.3) is 5.65 Å². The number of halogens is 3. The summed E-state index contributed by atoms with van der Waals surface area (Å²) in [5.41, 5.74) is -0.447. The lowest BCUT2D eigenvalue weighted by Crippen LogP contribution is -2.07. The number of carbonyl (C=O) groups is 1. The van der Waals surface area contributed by atoms with Crippen molar-refractivity contribution in [3.8, 4) is 6.07 Å². The van der Waals surface area contributed by atoms with Gasteiger partial charge in [0.1, 0.15) is 5.65 Å². The summed E-state index contributed by atoms with van der Waals surface area (Å²) in [7, 11) is 0. The molecular formula is C12H8F3N3O2. The van der Waals surface area contributed by atoms with Crippen LogP contribution in [0, 0.1) is 11.3 Å². The van der Waals surface area contributed by atoms with Crippen LogP contribution in [0.2, 0.25) is 0 Å². The second-order valence-electron chi connectivity index (χ2n) is 4.05. The minimum Gasteiger partial charge on any atom is -0.481 e. The number of rotatable bonds is 3. The van der Waals surface area contributed by atoms with Crippen molar-refractivity contribution in [2.45, 2.75) is 19.0 Å². The Bertz CT molecular complexity index is 713. The normalized spacial score (nSPS) is 11.5. The molecule has 5 nitrogen and oxygen atoms in total. The number of aliphatic carboxylic acids is 1. The van der Waals surface area contributed by atoms with E-state index in [0.717, 1.165) is 22.7 Å². The van der Waals surface area contributed by atoms with E-state index in [2.05, 4.69) is 4.98 Å². The van der Waals surface area contributed by atoms with Crippen LogP contribution in [-0.2, 0) is 23.8 Å². The number of nitriles is 1. The Morgan fingerprint density at radius 2 is 2.15 bits per heavy atom. The lowest BCUT2D eigenvalue weighted by molar-refractivity contribution is -0.138. The summed E-state index contributed by atoms with van der Waals surface area (Å²) in [5.74, 6) is -1.16. The van der Waals surface area contributed by atoms with Crippen molar-refractivity contribution in [1.82, 2.24) is 9.38 Å². The van der Waals surface area contributed by atoms with Gasteiger partial charge in [-0.25, -0.2) is 4.98 Å². The molecule has 20 heavy (non-hydrogen) atoms. The molecule has 2 aromatic heterocycles. The molecule has 0 aliphatic rings. The molecule has 0 fully saturated rings. The molecular weight excluding hydrogens is 275 g/mol. The Morgan fingerprint density at radius 3 is 2.70 bits per heavy atom. The number of hydrogen-bond acceptors (Lipinski definition) is 3. The molecule has 0 aromatic carbocycles. The van der Waals surface area contributed by atoms with Crippen molar-refractivity contribution in [2.24, 2.45) is 0 Å². The van der Waals surface area contributed by atoms with Gasteiger partial charge in [-0.1, -0.05) is 0 Å². The monoisotopic (exact) mass is 283 g/mol. The van der Waals surface area contributed by atoms with Crippen molar-refractivity contribution >= 4 is 11.6 Å². The highest BCUT2D eigenvalue weighted by molar-refractivity contribution is 5.70. The molecule has 0 spiro atoms. The van der Waals surface area contributed by atoms with Crippen molar-refractivity contribution in [3.05, 3.63) is 35.3 Å². The number of hydrogen-bond donors (Lipinski definition) is 1. The fourth-order valence-corrected chi connectivity index (χ4v) is 1.86. The summed E-state index contributed by atoms with van der Waals surface area (Å²) in [6, 6.07) is 3.81. The molecule has 104 valence electrons. The molecule has 2 rings (SSSR count). The van der Waals surface area contributed by atoms with Crippen LogP contribution in [0.15, 0.2) is 18.3 Å².